The molecule has 0 spiro atoms. The molecule has 0 aliphatic carbocycles. The van der Waals surface area contributed by atoms with Crippen LogP contribution in [0.4, 0.5) is 5.82 Å². The molecule has 0 aromatic carbocycles. The number of nitrogens with one attached hydrogen (secondary N) is 1. The van der Waals surface area contributed by atoms with Gasteiger partial charge in [0.05, 0.1) is 6.61 Å². The largest absolute Gasteiger partial charge is 0.395 e. The fourth-order valence-corrected chi connectivity index (χ4v) is 1.63. The van der Waals surface area contributed by atoms with Gasteiger partial charge in [-0.3, -0.25) is 4.79 Å². The van der Waals surface area contributed by atoms with Crippen LogP contribution in [0.5, 0.6) is 0 Å². The maximum Gasteiger partial charge on any atom is 0.254 e. The van der Waals surface area contributed by atoms with Crippen LogP contribution in [-0.2, 0) is 0 Å². The molecular weight excluding hydrogens is 218 g/mol. The lowest BCUT2D eigenvalue weighted by Gasteiger charge is -2.20. The number of carbonyl (C=O) groups is 1. The van der Waals surface area contributed by atoms with Gasteiger partial charge >= 0.3 is 0 Å². The van der Waals surface area contributed by atoms with E-state index in [9.17, 15) is 4.79 Å². The van der Waals surface area contributed by atoms with Crippen LogP contribution < -0.4 is 5.32 Å². The third-order valence-corrected chi connectivity index (χ3v) is 2.50. The predicted molar refractivity (Wildman–Crippen MR) is 67.2 cm³/mol. The van der Waals surface area contributed by atoms with Crippen molar-refractivity contribution >= 4 is 11.7 Å². The number of aliphatic hydroxyl groups is 1. The molecular formula is C12H19N3O2. The number of hydrogen-bond acceptors (Lipinski definition) is 4. The summed E-state index contributed by atoms with van der Waals surface area (Å²) in [6.07, 6.45) is 0. The SMILES string of the molecule is CCN(CCO)C(=O)c1cc(C)nc(NC)c1. The van der Waals surface area contributed by atoms with Gasteiger partial charge in [-0.2, -0.15) is 0 Å². The van der Waals surface area contributed by atoms with E-state index >= 15 is 0 Å². The summed E-state index contributed by atoms with van der Waals surface area (Å²) in [5, 5.41) is 11.8. The normalized spacial score (nSPS) is 10.1. The molecule has 1 rings (SSSR count). The van der Waals surface area contributed by atoms with E-state index in [1.54, 1.807) is 24.1 Å². The van der Waals surface area contributed by atoms with Crippen LogP contribution in [0.3, 0.4) is 0 Å². The van der Waals surface area contributed by atoms with Gasteiger partial charge in [-0.05, 0) is 26.0 Å². The first-order valence-electron chi connectivity index (χ1n) is 5.69. The summed E-state index contributed by atoms with van der Waals surface area (Å²) in [5.41, 5.74) is 1.39. The Labute approximate surface area is 101 Å². The Bertz CT molecular complexity index is 393. The van der Waals surface area contributed by atoms with E-state index in [-0.39, 0.29) is 12.5 Å². The van der Waals surface area contributed by atoms with E-state index in [4.69, 9.17) is 5.11 Å². The molecule has 1 aromatic rings. The van der Waals surface area contributed by atoms with Gasteiger partial charge in [-0.15, -0.1) is 0 Å². The number of nitrogens with zero attached hydrogens (tertiary/aromatic N) is 2. The van der Waals surface area contributed by atoms with Gasteiger partial charge in [0.15, 0.2) is 0 Å². The molecule has 0 aliphatic heterocycles. The Balaban J connectivity index is 2.97. The lowest BCUT2D eigenvalue weighted by Crippen LogP contribution is -2.33. The topological polar surface area (TPSA) is 65.5 Å². The van der Waals surface area contributed by atoms with Gasteiger partial charge in [0, 0.05) is 31.4 Å². The van der Waals surface area contributed by atoms with Crippen LogP contribution in [0.15, 0.2) is 12.1 Å². The Morgan fingerprint density at radius 3 is 2.76 bits per heavy atom. The molecule has 2 N–H and O–H groups in total. The highest BCUT2D eigenvalue weighted by Gasteiger charge is 2.14. The number of likely N-dealkylation sites (N-methyl/N-ethyl adjacent to an activating group) is 1. The van der Waals surface area contributed by atoms with E-state index in [0.29, 0.717) is 24.5 Å². The lowest BCUT2D eigenvalue weighted by molar-refractivity contribution is 0.0732. The number of carbonyl (C=O) groups excluding carboxylic acids is 1. The Hall–Kier alpha value is -1.62. The fourth-order valence-electron chi connectivity index (χ4n) is 1.63. The zero-order chi connectivity index (χ0) is 12.8. The highest BCUT2D eigenvalue weighted by atomic mass is 16.3. The summed E-state index contributed by atoms with van der Waals surface area (Å²) < 4.78 is 0. The van der Waals surface area contributed by atoms with Crippen molar-refractivity contribution in [2.75, 3.05) is 32.1 Å². The van der Waals surface area contributed by atoms with E-state index in [0.717, 1.165) is 5.69 Å². The molecule has 0 unspecified atom stereocenters. The van der Waals surface area contributed by atoms with Crippen LogP contribution in [-0.4, -0.2) is 47.6 Å². The van der Waals surface area contributed by atoms with Crippen LogP contribution in [0.2, 0.25) is 0 Å². The van der Waals surface area contributed by atoms with Crippen molar-refractivity contribution in [3.8, 4) is 0 Å². The van der Waals surface area contributed by atoms with E-state index in [1.807, 2.05) is 13.8 Å². The Morgan fingerprint density at radius 1 is 1.53 bits per heavy atom. The standard InChI is InChI=1S/C12H19N3O2/c1-4-15(5-6-16)12(17)10-7-9(2)14-11(8-10)13-3/h7-8,16H,4-6H2,1-3H3,(H,13,14). The van der Waals surface area contributed by atoms with Crippen molar-refractivity contribution in [2.45, 2.75) is 13.8 Å². The van der Waals surface area contributed by atoms with E-state index in [2.05, 4.69) is 10.3 Å². The van der Waals surface area contributed by atoms with Gasteiger partial charge in [0.25, 0.3) is 5.91 Å². The average Bonchev–Trinajstić information content (AvgIpc) is 2.34. The maximum atomic E-state index is 12.1. The second kappa shape index (κ2) is 6.20. The molecule has 94 valence electrons. The third kappa shape index (κ3) is 3.42. The molecule has 0 saturated heterocycles. The summed E-state index contributed by atoms with van der Waals surface area (Å²) in [4.78, 5) is 18.0. The summed E-state index contributed by atoms with van der Waals surface area (Å²) in [7, 11) is 1.77. The first-order chi connectivity index (χ1) is 8.12. The molecule has 5 nitrogen and oxygen atoms in total. The van der Waals surface area contributed by atoms with Crippen molar-refractivity contribution in [3.63, 3.8) is 0 Å². The molecule has 1 heterocycles. The van der Waals surface area contributed by atoms with Crippen LogP contribution >= 0.6 is 0 Å². The summed E-state index contributed by atoms with van der Waals surface area (Å²) in [6.45, 7) is 4.64. The van der Waals surface area contributed by atoms with Gasteiger partial charge in [0.1, 0.15) is 5.82 Å². The molecule has 0 atom stereocenters. The smallest absolute Gasteiger partial charge is 0.254 e. The van der Waals surface area contributed by atoms with Gasteiger partial charge in [-0.1, -0.05) is 0 Å². The number of pyridine rings is 1. The second-order valence-corrected chi connectivity index (χ2v) is 3.74. The zero-order valence-electron chi connectivity index (χ0n) is 10.5. The van der Waals surface area contributed by atoms with E-state index in [1.165, 1.54) is 0 Å². The number of hydrogen-bond donors (Lipinski definition) is 2. The first kappa shape index (κ1) is 13.4. The fraction of sp³-hybridized carbons (Fsp3) is 0.500. The van der Waals surface area contributed by atoms with Gasteiger partial charge in [0.2, 0.25) is 0 Å². The summed E-state index contributed by atoms with van der Waals surface area (Å²) in [5.74, 6) is 0.594. The van der Waals surface area contributed by atoms with Crippen molar-refractivity contribution in [1.82, 2.24) is 9.88 Å². The van der Waals surface area contributed by atoms with Crippen LogP contribution in [0, 0.1) is 6.92 Å². The molecule has 17 heavy (non-hydrogen) atoms. The minimum atomic E-state index is -0.0800. The molecule has 0 aliphatic rings. The number of aromatic nitrogens is 1. The quantitative estimate of drug-likeness (QED) is 0.798. The maximum absolute atomic E-state index is 12.1. The van der Waals surface area contributed by atoms with Crippen LogP contribution in [0.25, 0.3) is 0 Å². The number of anilines is 1. The highest BCUT2D eigenvalue weighted by molar-refractivity contribution is 5.95. The predicted octanol–water partition coefficient (Wildman–Crippen LogP) is 0.886. The van der Waals surface area contributed by atoms with Crippen molar-refractivity contribution < 1.29 is 9.90 Å². The van der Waals surface area contributed by atoms with Crippen LogP contribution in [0.1, 0.15) is 23.0 Å². The monoisotopic (exact) mass is 237 g/mol. The number of aliphatic hydroxyl groups excluding tert-OH is 1. The van der Waals surface area contributed by atoms with Crippen molar-refractivity contribution in [3.05, 3.63) is 23.4 Å². The molecule has 0 radical (unpaired) electrons. The average molecular weight is 237 g/mol. The summed E-state index contributed by atoms with van der Waals surface area (Å²) in [6, 6.07) is 3.47. The van der Waals surface area contributed by atoms with Crippen molar-refractivity contribution in [2.24, 2.45) is 0 Å². The van der Waals surface area contributed by atoms with Gasteiger partial charge in [-0.25, -0.2) is 4.98 Å². The number of amides is 1. The Kier molecular flexibility index (Phi) is 4.90. The molecule has 5 heteroatoms. The van der Waals surface area contributed by atoms with Gasteiger partial charge < -0.3 is 15.3 Å². The van der Waals surface area contributed by atoms with Crippen molar-refractivity contribution in [1.29, 1.82) is 0 Å². The third-order valence-electron chi connectivity index (χ3n) is 2.50. The second-order valence-electron chi connectivity index (χ2n) is 3.74. The first-order valence-corrected chi connectivity index (χ1v) is 5.69. The molecule has 1 amide bonds. The zero-order valence-corrected chi connectivity index (χ0v) is 10.5. The highest BCUT2D eigenvalue weighted by Crippen LogP contribution is 2.12. The summed E-state index contributed by atoms with van der Waals surface area (Å²) >= 11 is 0. The number of rotatable bonds is 5. The molecule has 0 saturated carbocycles. The lowest BCUT2D eigenvalue weighted by atomic mass is 10.2. The minimum absolute atomic E-state index is 0.0253. The Morgan fingerprint density at radius 2 is 2.24 bits per heavy atom. The molecule has 0 fully saturated rings. The minimum Gasteiger partial charge on any atom is -0.395 e. The van der Waals surface area contributed by atoms with E-state index < -0.39 is 0 Å². The molecule has 0 bridgehead atoms. The molecule has 1 aromatic heterocycles. The number of aryl methyl sites for hydroxylation is 1.